The Kier molecular flexibility index (Phi) is 6.13. The van der Waals surface area contributed by atoms with Crippen molar-refractivity contribution < 1.29 is 14.3 Å². The summed E-state index contributed by atoms with van der Waals surface area (Å²) >= 11 is 0. The Morgan fingerprint density at radius 3 is 2.32 bits per heavy atom. The highest BCUT2D eigenvalue weighted by Crippen LogP contribution is 2.21. The van der Waals surface area contributed by atoms with Crippen molar-refractivity contribution in [3.8, 4) is 11.1 Å². The van der Waals surface area contributed by atoms with Crippen LogP contribution < -0.4 is 5.32 Å². The zero-order valence-corrected chi connectivity index (χ0v) is 17.3. The van der Waals surface area contributed by atoms with Crippen LogP contribution in [0.1, 0.15) is 18.1 Å². The van der Waals surface area contributed by atoms with Crippen LogP contribution in [0.25, 0.3) is 22.0 Å². The van der Waals surface area contributed by atoms with Crippen LogP contribution in [-0.4, -0.2) is 22.9 Å². The van der Waals surface area contributed by atoms with E-state index in [0.717, 1.165) is 33.2 Å². The Labute approximate surface area is 181 Å². The number of nitrogens with one attached hydrogen (secondary N) is 2. The van der Waals surface area contributed by atoms with Gasteiger partial charge in [-0.3, -0.25) is 4.79 Å². The third kappa shape index (κ3) is 5.01. The molecule has 31 heavy (non-hydrogen) atoms. The zero-order valence-electron chi connectivity index (χ0n) is 17.3. The Hall–Kier alpha value is -3.86. The highest BCUT2D eigenvalue weighted by Gasteiger charge is 2.23. The Bertz CT molecular complexity index is 1180. The van der Waals surface area contributed by atoms with E-state index in [4.69, 9.17) is 4.74 Å². The van der Waals surface area contributed by atoms with Gasteiger partial charge in [0.1, 0.15) is 12.6 Å². The fourth-order valence-electron chi connectivity index (χ4n) is 3.64. The largest absolute Gasteiger partial charge is 0.459 e. The average Bonchev–Trinajstić information content (AvgIpc) is 3.20. The number of H-pyrrole nitrogens is 1. The fraction of sp³-hybridized carbons (Fsp3) is 0.154. The molecule has 5 nitrogen and oxygen atoms in total. The number of carbonyl (C=O) groups is 2. The second-order valence-electron chi connectivity index (χ2n) is 7.49. The van der Waals surface area contributed by atoms with E-state index in [9.17, 15) is 9.59 Å². The van der Waals surface area contributed by atoms with Crippen molar-refractivity contribution in [3.05, 3.63) is 96.2 Å². The summed E-state index contributed by atoms with van der Waals surface area (Å²) in [6.07, 6.45) is 2.23. The molecule has 0 bridgehead atoms. The van der Waals surface area contributed by atoms with Crippen molar-refractivity contribution in [2.45, 2.75) is 26.0 Å². The van der Waals surface area contributed by atoms with Gasteiger partial charge in [0.05, 0.1) is 0 Å². The van der Waals surface area contributed by atoms with E-state index in [-0.39, 0.29) is 12.5 Å². The number of carbonyl (C=O) groups excluding carboxylic acids is 2. The molecule has 0 aliphatic rings. The van der Waals surface area contributed by atoms with Gasteiger partial charge in [0, 0.05) is 30.4 Å². The molecule has 4 aromatic rings. The number of fused-ring (bicyclic) bond motifs is 1. The number of benzene rings is 3. The number of rotatable bonds is 7. The van der Waals surface area contributed by atoms with Gasteiger partial charge in [-0.15, -0.1) is 0 Å². The van der Waals surface area contributed by atoms with Gasteiger partial charge in [-0.2, -0.15) is 0 Å². The predicted molar refractivity (Wildman–Crippen MR) is 121 cm³/mol. The van der Waals surface area contributed by atoms with E-state index in [1.54, 1.807) is 0 Å². The van der Waals surface area contributed by atoms with Gasteiger partial charge in [0.25, 0.3) is 0 Å². The molecule has 1 amide bonds. The van der Waals surface area contributed by atoms with E-state index in [2.05, 4.69) is 22.4 Å². The summed E-state index contributed by atoms with van der Waals surface area (Å²) in [7, 11) is 0. The quantitative estimate of drug-likeness (QED) is 0.435. The molecule has 0 aliphatic heterocycles. The van der Waals surface area contributed by atoms with E-state index in [0.29, 0.717) is 6.42 Å². The summed E-state index contributed by atoms with van der Waals surface area (Å²) in [6.45, 7) is 1.55. The first-order valence-electron chi connectivity index (χ1n) is 10.2. The van der Waals surface area contributed by atoms with Crippen molar-refractivity contribution in [2.24, 2.45) is 0 Å². The van der Waals surface area contributed by atoms with Crippen LogP contribution in [0.3, 0.4) is 0 Å². The second-order valence-corrected chi connectivity index (χ2v) is 7.49. The third-order valence-corrected chi connectivity index (χ3v) is 5.20. The summed E-state index contributed by atoms with van der Waals surface area (Å²) in [5.74, 6) is -0.721. The van der Waals surface area contributed by atoms with Crippen LogP contribution in [0, 0.1) is 0 Å². The Balaban J connectivity index is 1.42. The molecule has 0 fully saturated rings. The first-order chi connectivity index (χ1) is 15.1. The Morgan fingerprint density at radius 1 is 0.903 bits per heavy atom. The highest BCUT2D eigenvalue weighted by atomic mass is 16.5. The molecule has 4 rings (SSSR count). The number of aromatic nitrogens is 1. The SMILES string of the molecule is CC(=O)N[C@H](Cc1c[nH]c2ccccc12)C(=O)OCc1ccc(-c2ccccc2)cc1. The van der Waals surface area contributed by atoms with Crippen LogP contribution in [-0.2, 0) is 27.4 Å². The number of para-hydroxylation sites is 1. The van der Waals surface area contributed by atoms with Crippen molar-refractivity contribution in [1.82, 2.24) is 10.3 Å². The molecule has 0 saturated heterocycles. The van der Waals surface area contributed by atoms with Crippen LogP contribution >= 0.6 is 0 Å². The lowest BCUT2D eigenvalue weighted by atomic mass is 10.0. The van der Waals surface area contributed by atoms with Gasteiger partial charge in [-0.05, 0) is 28.3 Å². The van der Waals surface area contributed by atoms with Gasteiger partial charge in [0.15, 0.2) is 0 Å². The van der Waals surface area contributed by atoms with Crippen molar-refractivity contribution >= 4 is 22.8 Å². The topological polar surface area (TPSA) is 71.2 Å². The number of esters is 1. The van der Waals surface area contributed by atoms with Gasteiger partial charge in [0.2, 0.25) is 5.91 Å². The minimum absolute atomic E-state index is 0.151. The molecule has 3 aromatic carbocycles. The van der Waals surface area contributed by atoms with Crippen molar-refractivity contribution in [1.29, 1.82) is 0 Å². The number of hydrogen-bond donors (Lipinski definition) is 2. The molecule has 1 atom stereocenters. The van der Waals surface area contributed by atoms with E-state index < -0.39 is 12.0 Å². The number of ether oxygens (including phenoxy) is 1. The molecule has 0 aliphatic carbocycles. The second kappa shape index (κ2) is 9.30. The first kappa shape index (κ1) is 20.4. The predicted octanol–water partition coefficient (Wildman–Crippen LogP) is 4.63. The molecule has 5 heteroatoms. The Morgan fingerprint density at radius 2 is 1.58 bits per heavy atom. The summed E-state index contributed by atoms with van der Waals surface area (Å²) in [5, 5.41) is 3.75. The van der Waals surface area contributed by atoms with Gasteiger partial charge in [-0.1, -0.05) is 72.8 Å². The average molecular weight is 412 g/mol. The smallest absolute Gasteiger partial charge is 0.329 e. The maximum Gasteiger partial charge on any atom is 0.329 e. The number of amides is 1. The summed E-state index contributed by atoms with van der Waals surface area (Å²) in [4.78, 5) is 27.6. The molecule has 1 heterocycles. The summed E-state index contributed by atoms with van der Waals surface area (Å²) in [5.41, 5.74) is 5.08. The molecule has 2 N–H and O–H groups in total. The van der Waals surface area contributed by atoms with Gasteiger partial charge in [-0.25, -0.2) is 4.79 Å². The van der Waals surface area contributed by atoms with E-state index in [1.807, 2.05) is 72.9 Å². The molecule has 0 spiro atoms. The third-order valence-electron chi connectivity index (χ3n) is 5.20. The molecule has 1 aromatic heterocycles. The minimum Gasteiger partial charge on any atom is -0.459 e. The zero-order chi connectivity index (χ0) is 21.6. The summed E-state index contributed by atoms with van der Waals surface area (Å²) in [6, 6.07) is 25.1. The highest BCUT2D eigenvalue weighted by molar-refractivity contribution is 5.86. The first-order valence-corrected chi connectivity index (χ1v) is 10.2. The number of aromatic amines is 1. The van der Waals surface area contributed by atoms with Gasteiger partial charge < -0.3 is 15.0 Å². The molecule has 156 valence electrons. The molecule has 0 unspecified atom stereocenters. The van der Waals surface area contributed by atoms with Crippen molar-refractivity contribution in [2.75, 3.05) is 0 Å². The van der Waals surface area contributed by atoms with Crippen LogP contribution in [0.15, 0.2) is 85.1 Å². The fourth-order valence-corrected chi connectivity index (χ4v) is 3.64. The van der Waals surface area contributed by atoms with Crippen molar-refractivity contribution in [3.63, 3.8) is 0 Å². The van der Waals surface area contributed by atoms with Crippen LogP contribution in [0.5, 0.6) is 0 Å². The van der Waals surface area contributed by atoms with E-state index >= 15 is 0 Å². The maximum atomic E-state index is 12.8. The standard InChI is InChI=1S/C26H24N2O3/c1-18(29)28-25(15-22-16-27-24-10-6-5-9-23(22)24)26(30)31-17-19-11-13-21(14-12-19)20-7-3-2-4-8-20/h2-14,16,25,27H,15,17H2,1H3,(H,28,29)/t25-/m1/s1. The van der Waals surface area contributed by atoms with Gasteiger partial charge >= 0.3 is 5.97 Å². The maximum absolute atomic E-state index is 12.8. The van der Waals surface area contributed by atoms with Crippen LogP contribution in [0.2, 0.25) is 0 Å². The molecule has 0 radical (unpaired) electrons. The summed E-state index contributed by atoms with van der Waals surface area (Å²) < 4.78 is 5.53. The monoisotopic (exact) mass is 412 g/mol. The van der Waals surface area contributed by atoms with Crippen LogP contribution in [0.4, 0.5) is 0 Å². The normalized spacial score (nSPS) is 11.8. The molecule has 0 saturated carbocycles. The molecular weight excluding hydrogens is 388 g/mol. The lowest BCUT2D eigenvalue weighted by molar-refractivity contribution is -0.149. The lowest BCUT2D eigenvalue weighted by Gasteiger charge is -2.17. The van der Waals surface area contributed by atoms with E-state index in [1.165, 1.54) is 6.92 Å². The number of hydrogen-bond acceptors (Lipinski definition) is 3. The lowest BCUT2D eigenvalue weighted by Crippen LogP contribution is -2.42. The molecular formula is C26H24N2O3. The minimum atomic E-state index is -0.750.